The molecule has 0 saturated heterocycles. The maximum atomic E-state index is 11.0. The first-order chi connectivity index (χ1) is 7.24. The van der Waals surface area contributed by atoms with Gasteiger partial charge in [0.1, 0.15) is 6.21 Å². The zero-order valence-corrected chi connectivity index (χ0v) is 9.01. The highest BCUT2D eigenvalue weighted by Gasteiger charge is 2.02. The third kappa shape index (κ3) is 3.94. The highest BCUT2D eigenvalue weighted by atomic mass is 16.5. The van der Waals surface area contributed by atoms with Gasteiger partial charge in [0.2, 0.25) is 0 Å². The van der Waals surface area contributed by atoms with E-state index in [-0.39, 0.29) is 12.0 Å². The molecule has 0 bridgehead atoms. The van der Waals surface area contributed by atoms with Crippen molar-refractivity contribution in [2.45, 2.75) is 19.9 Å². The van der Waals surface area contributed by atoms with E-state index in [0.717, 1.165) is 5.56 Å². The van der Waals surface area contributed by atoms with Gasteiger partial charge in [-0.25, -0.2) is 4.79 Å². The van der Waals surface area contributed by atoms with E-state index in [1.807, 2.05) is 37.3 Å². The van der Waals surface area contributed by atoms with Crippen LogP contribution in [0.15, 0.2) is 35.3 Å². The molecule has 0 spiro atoms. The number of esters is 1. The highest BCUT2D eigenvalue weighted by molar-refractivity contribution is 6.23. The molecule has 0 aliphatic heterocycles. The second-order valence-corrected chi connectivity index (χ2v) is 3.12. The molecule has 15 heavy (non-hydrogen) atoms. The van der Waals surface area contributed by atoms with Gasteiger partial charge in [0.15, 0.2) is 0 Å². The fourth-order valence-electron chi connectivity index (χ4n) is 1.17. The van der Waals surface area contributed by atoms with E-state index in [1.54, 1.807) is 6.92 Å². The molecule has 0 aliphatic carbocycles. The quantitative estimate of drug-likeness (QED) is 0.559. The van der Waals surface area contributed by atoms with Gasteiger partial charge in [-0.15, -0.1) is 0 Å². The van der Waals surface area contributed by atoms with Crippen LogP contribution in [-0.2, 0) is 9.53 Å². The Hall–Kier alpha value is -1.64. The van der Waals surface area contributed by atoms with Gasteiger partial charge in [-0.1, -0.05) is 30.3 Å². The number of benzene rings is 1. The van der Waals surface area contributed by atoms with Gasteiger partial charge < -0.3 is 4.74 Å². The van der Waals surface area contributed by atoms with Crippen molar-refractivity contribution >= 4 is 12.2 Å². The number of rotatable bonds is 4. The number of carbonyl (C=O) groups is 1. The summed E-state index contributed by atoms with van der Waals surface area (Å²) in [5.74, 6) is -0.389. The molecule has 1 aromatic rings. The van der Waals surface area contributed by atoms with Gasteiger partial charge in [-0.05, 0) is 19.4 Å². The topological polar surface area (TPSA) is 38.7 Å². The Morgan fingerprint density at radius 1 is 1.47 bits per heavy atom. The number of carbonyl (C=O) groups excluding carboxylic acids is 1. The van der Waals surface area contributed by atoms with Gasteiger partial charge in [0.25, 0.3) is 0 Å². The molecule has 0 aromatic heterocycles. The number of hydrogen-bond donors (Lipinski definition) is 0. The summed E-state index contributed by atoms with van der Waals surface area (Å²) in [6.07, 6.45) is 1.24. The largest absolute Gasteiger partial charge is 0.462 e. The Morgan fingerprint density at radius 2 is 2.13 bits per heavy atom. The van der Waals surface area contributed by atoms with E-state index in [4.69, 9.17) is 4.74 Å². The van der Waals surface area contributed by atoms with Crippen LogP contribution < -0.4 is 0 Å². The molecule has 0 amide bonds. The molecule has 1 rings (SSSR count). The average molecular weight is 205 g/mol. The number of hydrogen-bond acceptors (Lipinski definition) is 3. The standard InChI is InChI=1S/C12H15NO2/c1-3-15-12(14)9-13-10(2)11-7-5-4-6-8-11/h4-10H,3H2,1-2H3/b13-9+. The summed E-state index contributed by atoms with van der Waals surface area (Å²) < 4.78 is 4.74. The number of ether oxygens (including phenoxy) is 1. The second-order valence-electron chi connectivity index (χ2n) is 3.12. The Labute approximate surface area is 89.8 Å². The molecule has 0 aliphatic rings. The van der Waals surface area contributed by atoms with Crippen LogP contribution in [0.3, 0.4) is 0 Å². The molecule has 1 unspecified atom stereocenters. The molecule has 0 saturated carbocycles. The lowest BCUT2D eigenvalue weighted by Gasteiger charge is -2.05. The molecule has 3 nitrogen and oxygen atoms in total. The Bertz CT molecular complexity index is 333. The predicted molar refractivity (Wildman–Crippen MR) is 60.0 cm³/mol. The van der Waals surface area contributed by atoms with Crippen molar-refractivity contribution in [3.63, 3.8) is 0 Å². The van der Waals surface area contributed by atoms with Crippen molar-refractivity contribution in [2.24, 2.45) is 4.99 Å². The van der Waals surface area contributed by atoms with Gasteiger partial charge in [0, 0.05) is 0 Å². The van der Waals surface area contributed by atoms with Crippen molar-refractivity contribution in [3.8, 4) is 0 Å². The summed E-state index contributed by atoms with van der Waals surface area (Å²) in [6.45, 7) is 4.09. The molecular weight excluding hydrogens is 190 g/mol. The average Bonchev–Trinajstić information content (AvgIpc) is 2.27. The molecule has 3 heteroatoms. The summed E-state index contributed by atoms with van der Waals surface area (Å²) in [7, 11) is 0. The first-order valence-corrected chi connectivity index (χ1v) is 4.99. The van der Waals surface area contributed by atoms with Gasteiger partial charge in [-0.3, -0.25) is 4.99 Å². The molecular formula is C12H15NO2. The smallest absolute Gasteiger partial charge is 0.348 e. The maximum absolute atomic E-state index is 11.0. The van der Waals surface area contributed by atoms with E-state index in [2.05, 4.69) is 4.99 Å². The monoisotopic (exact) mass is 205 g/mol. The summed E-state index contributed by atoms with van der Waals surface area (Å²) in [5.41, 5.74) is 1.08. The zero-order chi connectivity index (χ0) is 11.1. The summed E-state index contributed by atoms with van der Waals surface area (Å²) in [4.78, 5) is 15.1. The van der Waals surface area contributed by atoms with Gasteiger partial charge in [-0.2, -0.15) is 0 Å². The summed E-state index contributed by atoms with van der Waals surface area (Å²) in [6, 6.07) is 9.79. The highest BCUT2D eigenvalue weighted by Crippen LogP contribution is 2.14. The number of nitrogens with zero attached hydrogens (tertiary/aromatic N) is 1. The molecule has 0 heterocycles. The molecule has 1 atom stereocenters. The van der Waals surface area contributed by atoms with Crippen LogP contribution in [0.5, 0.6) is 0 Å². The third-order valence-corrected chi connectivity index (χ3v) is 1.97. The Balaban J connectivity index is 2.56. The molecule has 0 N–H and O–H groups in total. The zero-order valence-electron chi connectivity index (χ0n) is 9.01. The van der Waals surface area contributed by atoms with Crippen molar-refractivity contribution in [1.29, 1.82) is 0 Å². The van der Waals surface area contributed by atoms with Crippen LogP contribution in [-0.4, -0.2) is 18.8 Å². The Kier molecular flexibility index (Phi) is 4.54. The first-order valence-electron chi connectivity index (χ1n) is 4.99. The first kappa shape index (κ1) is 11.4. The van der Waals surface area contributed by atoms with Crippen LogP contribution in [0.2, 0.25) is 0 Å². The van der Waals surface area contributed by atoms with E-state index >= 15 is 0 Å². The van der Waals surface area contributed by atoms with E-state index in [0.29, 0.717) is 6.61 Å². The van der Waals surface area contributed by atoms with Crippen molar-refractivity contribution < 1.29 is 9.53 Å². The minimum absolute atomic E-state index is 0.0180. The van der Waals surface area contributed by atoms with Gasteiger partial charge in [0.05, 0.1) is 12.6 Å². The van der Waals surface area contributed by atoms with Crippen LogP contribution in [0, 0.1) is 0 Å². The fourth-order valence-corrected chi connectivity index (χ4v) is 1.17. The van der Waals surface area contributed by atoms with Crippen LogP contribution in [0.4, 0.5) is 0 Å². The SMILES string of the molecule is CCOC(=O)/C=N/C(C)c1ccccc1. The lowest BCUT2D eigenvalue weighted by molar-refractivity contribution is -0.134. The Morgan fingerprint density at radius 3 is 2.73 bits per heavy atom. The van der Waals surface area contributed by atoms with Crippen molar-refractivity contribution in [2.75, 3.05) is 6.61 Å². The van der Waals surface area contributed by atoms with Crippen molar-refractivity contribution in [3.05, 3.63) is 35.9 Å². The fraction of sp³-hybridized carbons (Fsp3) is 0.333. The third-order valence-electron chi connectivity index (χ3n) is 1.97. The van der Waals surface area contributed by atoms with E-state index in [1.165, 1.54) is 6.21 Å². The van der Waals surface area contributed by atoms with Crippen LogP contribution >= 0.6 is 0 Å². The predicted octanol–water partition coefficient (Wildman–Crippen LogP) is 2.38. The lowest BCUT2D eigenvalue weighted by Crippen LogP contribution is -2.05. The molecule has 0 radical (unpaired) electrons. The minimum atomic E-state index is -0.389. The minimum Gasteiger partial charge on any atom is -0.462 e. The normalized spacial score (nSPS) is 12.7. The van der Waals surface area contributed by atoms with Gasteiger partial charge >= 0.3 is 5.97 Å². The van der Waals surface area contributed by atoms with Crippen molar-refractivity contribution in [1.82, 2.24) is 0 Å². The molecule has 80 valence electrons. The second kappa shape index (κ2) is 5.96. The molecule has 1 aromatic carbocycles. The van der Waals surface area contributed by atoms with Crippen LogP contribution in [0.25, 0.3) is 0 Å². The number of aliphatic imine (C=N–C) groups is 1. The lowest BCUT2D eigenvalue weighted by atomic mass is 10.1. The van der Waals surface area contributed by atoms with Crippen LogP contribution in [0.1, 0.15) is 25.5 Å². The molecule has 0 fully saturated rings. The van der Waals surface area contributed by atoms with E-state index < -0.39 is 0 Å². The summed E-state index contributed by atoms with van der Waals surface area (Å²) >= 11 is 0. The van der Waals surface area contributed by atoms with E-state index in [9.17, 15) is 4.79 Å². The summed E-state index contributed by atoms with van der Waals surface area (Å²) in [5, 5.41) is 0. The maximum Gasteiger partial charge on any atom is 0.348 e.